The number of rotatable bonds is 7. The Labute approximate surface area is 199 Å². The lowest BCUT2D eigenvalue weighted by Crippen LogP contribution is -2.05. The maximum absolute atomic E-state index is 11.4. The van der Waals surface area contributed by atoms with Gasteiger partial charge in [0.25, 0.3) is 0 Å². The van der Waals surface area contributed by atoms with Crippen molar-refractivity contribution in [3.63, 3.8) is 0 Å². The molecule has 2 aromatic rings. The first kappa shape index (κ1) is 29.0. The summed E-state index contributed by atoms with van der Waals surface area (Å²) in [6.07, 6.45) is 2.41. The average molecular weight is 499 g/mol. The zero-order chi connectivity index (χ0) is 25.7. The van der Waals surface area contributed by atoms with Crippen LogP contribution >= 0.6 is 0 Å². The highest BCUT2D eigenvalue weighted by molar-refractivity contribution is 7.90. The summed E-state index contributed by atoms with van der Waals surface area (Å²) in [4.78, 5) is 0. The van der Waals surface area contributed by atoms with Gasteiger partial charge in [-0.3, -0.25) is 0 Å². The zero-order valence-electron chi connectivity index (χ0n) is 21.2. The van der Waals surface area contributed by atoms with E-state index in [1.54, 1.807) is 20.1 Å². The van der Waals surface area contributed by atoms with Crippen LogP contribution in [0.25, 0.3) is 0 Å². The predicted octanol–water partition coefficient (Wildman–Crippen LogP) is 5.04. The third-order valence-electron chi connectivity index (χ3n) is 5.15. The van der Waals surface area contributed by atoms with Crippen molar-refractivity contribution < 1.29 is 26.7 Å². The van der Waals surface area contributed by atoms with Crippen molar-refractivity contribution in [2.45, 2.75) is 64.9 Å². The van der Waals surface area contributed by atoms with Crippen molar-refractivity contribution in [1.82, 2.24) is 0 Å². The Bertz CT molecular complexity index is 1180. The molecule has 0 saturated carbocycles. The number of methoxy groups -OCH3 is 1. The normalized spacial score (nSPS) is 12.0. The summed E-state index contributed by atoms with van der Waals surface area (Å²) in [5.74, 6) is 1.38. The first-order chi connectivity index (χ1) is 14.9. The molecule has 0 unspecified atom stereocenters. The fourth-order valence-corrected chi connectivity index (χ4v) is 5.07. The van der Waals surface area contributed by atoms with E-state index in [4.69, 9.17) is 4.74 Å². The third-order valence-corrected chi connectivity index (χ3v) is 6.82. The summed E-state index contributed by atoms with van der Waals surface area (Å²) in [7, 11) is -4.60. The third kappa shape index (κ3) is 9.37. The predicted molar refractivity (Wildman–Crippen MR) is 136 cm³/mol. The molecule has 0 aliphatic heterocycles. The van der Waals surface area contributed by atoms with E-state index in [0.29, 0.717) is 23.1 Å². The van der Waals surface area contributed by atoms with Crippen LogP contribution in [0.2, 0.25) is 0 Å². The highest BCUT2D eigenvalue weighted by Gasteiger charge is 2.15. The summed E-state index contributed by atoms with van der Waals surface area (Å²) >= 11 is 0. The molecule has 0 bridgehead atoms. The van der Waals surface area contributed by atoms with Gasteiger partial charge in [-0.25, -0.2) is 16.8 Å². The molecule has 33 heavy (non-hydrogen) atoms. The zero-order valence-corrected chi connectivity index (χ0v) is 22.8. The Balaban J connectivity index is 0.000000331. The molecule has 0 aromatic heterocycles. The molecule has 2 aromatic carbocycles. The van der Waals surface area contributed by atoms with Gasteiger partial charge in [-0.15, -0.1) is 0 Å². The van der Waals surface area contributed by atoms with Gasteiger partial charge in [0, 0.05) is 23.6 Å². The first-order valence-corrected chi connectivity index (χ1v) is 14.9. The quantitative estimate of drug-likeness (QED) is 0.574. The minimum absolute atomic E-state index is 0.0254. The highest BCUT2D eigenvalue weighted by Crippen LogP contribution is 2.30. The second kappa shape index (κ2) is 11.4. The molecule has 0 amide bonds. The second-order valence-electron chi connectivity index (χ2n) is 9.33. The van der Waals surface area contributed by atoms with Crippen LogP contribution in [0.15, 0.2) is 24.3 Å². The Kier molecular flexibility index (Phi) is 9.99. The number of hydrogen-bond donors (Lipinski definition) is 1. The van der Waals surface area contributed by atoms with Crippen LogP contribution in [0.4, 0.5) is 0 Å². The molecular weight excluding hydrogens is 460 g/mol. The fraction of sp³-hybridized carbons (Fsp3) is 0.520. The largest absolute Gasteiger partial charge is 0.507 e. The van der Waals surface area contributed by atoms with Gasteiger partial charge in [-0.1, -0.05) is 52.0 Å². The Morgan fingerprint density at radius 1 is 0.758 bits per heavy atom. The molecule has 0 fully saturated rings. The number of sulfone groups is 2. The summed E-state index contributed by atoms with van der Waals surface area (Å²) in [6.45, 7) is 12.0. The summed E-state index contributed by atoms with van der Waals surface area (Å²) in [5.41, 5.74) is 5.14. The van der Waals surface area contributed by atoms with Crippen LogP contribution in [0, 0.1) is 13.8 Å². The monoisotopic (exact) mass is 498 g/mol. The van der Waals surface area contributed by atoms with Gasteiger partial charge < -0.3 is 9.84 Å². The van der Waals surface area contributed by atoms with E-state index in [1.165, 1.54) is 12.5 Å². The van der Waals surface area contributed by atoms with Crippen molar-refractivity contribution in [3.05, 3.63) is 57.6 Å². The molecule has 0 heterocycles. The number of phenols is 1. The topological polar surface area (TPSA) is 97.7 Å². The lowest BCUT2D eigenvalue weighted by atomic mass is 9.98. The molecule has 186 valence electrons. The van der Waals surface area contributed by atoms with E-state index in [9.17, 15) is 21.9 Å². The lowest BCUT2D eigenvalue weighted by Gasteiger charge is -2.15. The van der Waals surface area contributed by atoms with Gasteiger partial charge >= 0.3 is 0 Å². The van der Waals surface area contributed by atoms with Gasteiger partial charge in [0.2, 0.25) is 0 Å². The smallest absolute Gasteiger partial charge is 0.151 e. The maximum Gasteiger partial charge on any atom is 0.151 e. The van der Waals surface area contributed by atoms with Gasteiger partial charge in [0.15, 0.2) is 19.7 Å². The van der Waals surface area contributed by atoms with E-state index in [0.717, 1.165) is 27.8 Å². The molecule has 0 saturated heterocycles. The number of ether oxygens (including phenoxy) is 1. The summed E-state index contributed by atoms with van der Waals surface area (Å²) in [5, 5.41) is 9.80. The molecule has 6 nitrogen and oxygen atoms in total. The van der Waals surface area contributed by atoms with Crippen molar-refractivity contribution in [3.8, 4) is 11.5 Å². The van der Waals surface area contributed by atoms with Crippen molar-refractivity contribution in [1.29, 1.82) is 0 Å². The Morgan fingerprint density at radius 3 is 1.55 bits per heavy atom. The molecule has 0 aliphatic rings. The van der Waals surface area contributed by atoms with Gasteiger partial charge in [-0.05, 0) is 47.9 Å². The van der Waals surface area contributed by atoms with E-state index >= 15 is 0 Å². The minimum Gasteiger partial charge on any atom is -0.507 e. The highest BCUT2D eigenvalue weighted by atomic mass is 32.2. The number of aryl methyl sites for hydroxylation is 2. The first-order valence-electron chi connectivity index (χ1n) is 10.8. The second-order valence-corrected chi connectivity index (χ2v) is 13.6. The van der Waals surface area contributed by atoms with Gasteiger partial charge in [-0.2, -0.15) is 0 Å². The molecule has 2 rings (SSSR count). The van der Waals surface area contributed by atoms with E-state index in [-0.39, 0.29) is 17.3 Å². The summed E-state index contributed by atoms with van der Waals surface area (Å²) < 4.78 is 50.6. The SMILES string of the molecule is COc1c(C)cc(C(C)C)cc1CS(C)(=O)=O.Cc1cc(C(C)C)cc(CS(C)(=O)=O)c1O. The van der Waals surface area contributed by atoms with E-state index < -0.39 is 19.7 Å². The number of hydrogen-bond acceptors (Lipinski definition) is 6. The van der Waals surface area contributed by atoms with Crippen molar-refractivity contribution in [2.24, 2.45) is 0 Å². The molecule has 8 heteroatoms. The number of aromatic hydroxyl groups is 1. The van der Waals surface area contributed by atoms with E-state index in [1.807, 2.05) is 32.9 Å². The van der Waals surface area contributed by atoms with Crippen LogP contribution in [-0.4, -0.2) is 41.6 Å². The van der Waals surface area contributed by atoms with Crippen LogP contribution in [0.1, 0.15) is 72.9 Å². The fourth-order valence-electron chi connectivity index (χ4n) is 3.50. The Morgan fingerprint density at radius 2 is 1.15 bits per heavy atom. The van der Waals surface area contributed by atoms with Crippen LogP contribution in [-0.2, 0) is 31.2 Å². The number of phenolic OH excluding ortho intramolecular Hbond substituents is 1. The molecular formula is C25H38O6S2. The molecule has 0 radical (unpaired) electrons. The minimum atomic E-state index is -3.12. The van der Waals surface area contributed by atoms with Crippen LogP contribution in [0.3, 0.4) is 0 Å². The standard InChI is InChI=1S/C13H20O3S.C12H18O3S/c1-9(2)11-6-10(3)13(16-4)12(7-11)8-17(5,14)15;1-8(2)10-5-9(3)12(13)11(6-10)7-16(4,14)15/h6-7,9H,8H2,1-5H3;5-6,8,13H,7H2,1-4H3. The molecule has 0 aliphatic carbocycles. The molecule has 0 atom stereocenters. The Hall–Kier alpha value is -2.06. The summed E-state index contributed by atoms with van der Waals surface area (Å²) in [6, 6.07) is 7.65. The molecule has 0 spiro atoms. The van der Waals surface area contributed by atoms with Crippen molar-refractivity contribution >= 4 is 19.7 Å². The van der Waals surface area contributed by atoms with Gasteiger partial charge in [0.05, 0.1) is 18.6 Å². The van der Waals surface area contributed by atoms with Crippen LogP contribution < -0.4 is 4.74 Å². The van der Waals surface area contributed by atoms with E-state index in [2.05, 4.69) is 19.9 Å². The maximum atomic E-state index is 11.4. The van der Waals surface area contributed by atoms with Crippen molar-refractivity contribution in [2.75, 3.05) is 19.6 Å². The number of benzene rings is 2. The molecule has 1 N–H and O–H groups in total. The van der Waals surface area contributed by atoms with Gasteiger partial charge in [0.1, 0.15) is 11.5 Å². The average Bonchev–Trinajstić information content (AvgIpc) is 2.63. The lowest BCUT2D eigenvalue weighted by molar-refractivity contribution is 0.407. The van der Waals surface area contributed by atoms with Crippen LogP contribution in [0.5, 0.6) is 11.5 Å².